The second-order valence-electron chi connectivity index (χ2n) is 8.21. The van der Waals surface area contributed by atoms with Gasteiger partial charge in [-0.3, -0.25) is 14.4 Å². The number of hydrogen-bond donors (Lipinski definition) is 0. The predicted octanol–water partition coefficient (Wildman–Crippen LogP) is 4.73. The average Bonchev–Trinajstić information content (AvgIpc) is 2.94. The molecule has 0 bridgehead atoms. The fraction of sp³-hybridized carbons (Fsp3) is 0.103. The summed E-state index contributed by atoms with van der Waals surface area (Å²) in [6.45, 7) is 0. The zero-order valence-corrected chi connectivity index (χ0v) is 20.3. The first-order chi connectivity index (χ1) is 18.0. The van der Waals surface area contributed by atoms with E-state index in [4.69, 9.17) is 14.2 Å². The summed E-state index contributed by atoms with van der Waals surface area (Å²) in [6, 6.07) is 20.4. The van der Waals surface area contributed by atoms with E-state index < -0.39 is 11.8 Å². The van der Waals surface area contributed by atoms with Crippen molar-refractivity contribution in [3.63, 3.8) is 0 Å². The molecule has 0 radical (unpaired) electrons. The molecule has 1 heterocycles. The molecule has 8 nitrogen and oxygen atoms in total. The quantitative estimate of drug-likeness (QED) is 0.210. The molecule has 1 aliphatic rings. The van der Waals surface area contributed by atoms with Gasteiger partial charge in [0.05, 0.1) is 38.7 Å². The van der Waals surface area contributed by atoms with Crippen LogP contribution < -0.4 is 14.2 Å². The maximum atomic E-state index is 13.4. The second-order valence-corrected chi connectivity index (χ2v) is 8.21. The highest BCUT2D eigenvalue weighted by molar-refractivity contribution is 6.28. The van der Waals surface area contributed by atoms with Gasteiger partial charge >= 0.3 is 0 Å². The third-order valence-corrected chi connectivity index (χ3v) is 6.18. The maximum absolute atomic E-state index is 13.4. The van der Waals surface area contributed by atoms with E-state index in [9.17, 15) is 14.4 Å². The van der Waals surface area contributed by atoms with E-state index in [0.29, 0.717) is 44.7 Å². The molecule has 0 saturated heterocycles. The molecule has 0 aromatic heterocycles. The molecular weight excluding hydrogens is 472 g/mol. The summed E-state index contributed by atoms with van der Waals surface area (Å²) in [7, 11) is 4.48. The van der Waals surface area contributed by atoms with Crippen molar-refractivity contribution in [3.8, 4) is 17.2 Å². The molecule has 5 rings (SSSR count). The molecule has 4 aromatic carbocycles. The minimum atomic E-state index is -0.587. The highest BCUT2D eigenvalue weighted by atomic mass is 16.5. The number of carbonyl (C=O) groups is 3. The van der Waals surface area contributed by atoms with Crippen molar-refractivity contribution in [2.24, 2.45) is 5.10 Å². The number of nitrogens with zero attached hydrogens (tertiary/aromatic N) is 2. The third-order valence-electron chi connectivity index (χ3n) is 6.18. The Labute approximate surface area is 212 Å². The molecule has 2 amide bonds. The third kappa shape index (κ3) is 3.98. The molecule has 0 aliphatic carbocycles. The van der Waals surface area contributed by atoms with E-state index in [1.165, 1.54) is 27.5 Å². The van der Waals surface area contributed by atoms with Gasteiger partial charge in [-0.25, -0.2) is 0 Å². The van der Waals surface area contributed by atoms with Crippen LogP contribution >= 0.6 is 0 Å². The summed E-state index contributed by atoms with van der Waals surface area (Å²) < 4.78 is 16.0. The average molecular weight is 495 g/mol. The Bertz CT molecular complexity index is 1550. The van der Waals surface area contributed by atoms with Crippen LogP contribution in [0.25, 0.3) is 10.8 Å². The summed E-state index contributed by atoms with van der Waals surface area (Å²) in [5, 5.41) is 6.01. The summed E-state index contributed by atoms with van der Waals surface area (Å²) in [5.41, 5.74) is 2.05. The fourth-order valence-electron chi connectivity index (χ4n) is 4.43. The highest BCUT2D eigenvalue weighted by Gasteiger charge is 2.34. The Kier molecular flexibility index (Phi) is 6.15. The number of amides is 2. The van der Waals surface area contributed by atoms with Gasteiger partial charge in [-0.2, -0.15) is 10.1 Å². The summed E-state index contributed by atoms with van der Waals surface area (Å²) >= 11 is 0. The molecule has 1 aliphatic heterocycles. The normalized spacial score (nSPS) is 12.8. The zero-order valence-electron chi connectivity index (χ0n) is 20.3. The number of hydrazone groups is 1. The Balaban J connectivity index is 1.55. The molecule has 4 aromatic rings. The number of ether oxygens (including phenoxy) is 3. The van der Waals surface area contributed by atoms with E-state index in [-0.39, 0.29) is 16.9 Å². The van der Waals surface area contributed by atoms with E-state index in [2.05, 4.69) is 5.10 Å². The standard InChI is InChI=1S/C29H22N2O6/c1-35-23-14-17(15-24(36-2)27(23)37-3)16-30-31-28(33)21-11-7-10-19-20(12-13-22(25(19)21)29(31)34)26(32)18-8-5-4-6-9-18/h4-16H,1-3H3. The van der Waals surface area contributed by atoms with Crippen LogP contribution in [0.3, 0.4) is 0 Å². The van der Waals surface area contributed by atoms with Crippen molar-refractivity contribution in [1.82, 2.24) is 5.01 Å². The first-order valence-electron chi connectivity index (χ1n) is 11.4. The Morgan fingerprint density at radius 3 is 2.05 bits per heavy atom. The van der Waals surface area contributed by atoms with Crippen LogP contribution in [0.15, 0.2) is 77.9 Å². The fourth-order valence-corrected chi connectivity index (χ4v) is 4.43. The summed E-state index contributed by atoms with van der Waals surface area (Å²) in [4.78, 5) is 39.9. The highest BCUT2D eigenvalue weighted by Crippen LogP contribution is 2.38. The smallest absolute Gasteiger partial charge is 0.282 e. The number of imide groups is 1. The Hall–Kier alpha value is -4.98. The van der Waals surface area contributed by atoms with Gasteiger partial charge < -0.3 is 14.2 Å². The first-order valence-corrected chi connectivity index (χ1v) is 11.4. The lowest BCUT2D eigenvalue weighted by atomic mass is 9.89. The van der Waals surface area contributed by atoms with Crippen molar-refractivity contribution in [2.45, 2.75) is 0 Å². The molecule has 0 atom stereocenters. The number of benzene rings is 4. The molecule has 0 saturated carbocycles. The van der Waals surface area contributed by atoms with Gasteiger partial charge in [0, 0.05) is 22.1 Å². The zero-order chi connectivity index (χ0) is 26.1. The number of rotatable bonds is 7. The maximum Gasteiger partial charge on any atom is 0.282 e. The topological polar surface area (TPSA) is 94.5 Å². The van der Waals surface area contributed by atoms with Crippen molar-refractivity contribution in [1.29, 1.82) is 0 Å². The number of hydrogen-bond acceptors (Lipinski definition) is 7. The van der Waals surface area contributed by atoms with Crippen LogP contribution in [0.5, 0.6) is 17.2 Å². The van der Waals surface area contributed by atoms with E-state index in [0.717, 1.165) is 5.01 Å². The largest absolute Gasteiger partial charge is 0.493 e. The van der Waals surface area contributed by atoms with Crippen LogP contribution in [-0.2, 0) is 0 Å². The lowest BCUT2D eigenvalue weighted by Crippen LogP contribution is -2.36. The van der Waals surface area contributed by atoms with E-state index >= 15 is 0 Å². The van der Waals surface area contributed by atoms with E-state index in [1.807, 2.05) is 6.07 Å². The summed E-state index contributed by atoms with van der Waals surface area (Å²) in [6.07, 6.45) is 1.37. The molecule has 8 heteroatoms. The molecule has 37 heavy (non-hydrogen) atoms. The van der Waals surface area contributed by atoms with Gasteiger partial charge in [-0.15, -0.1) is 0 Å². The monoisotopic (exact) mass is 494 g/mol. The van der Waals surface area contributed by atoms with Gasteiger partial charge in [0.1, 0.15) is 0 Å². The van der Waals surface area contributed by atoms with Gasteiger partial charge in [-0.1, -0.05) is 42.5 Å². The number of ketones is 1. The van der Waals surface area contributed by atoms with Gasteiger partial charge in [-0.05, 0) is 35.7 Å². The van der Waals surface area contributed by atoms with Crippen molar-refractivity contribution in [3.05, 3.63) is 101 Å². The van der Waals surface area contributed by atoms with Crippen molar-refractivity contribution in [2.75, 3.05) is 21.3 Å². The second kappa shape index (κ2) is 9.58. The van der Waals surface area contributed by atoms with Gasteiger partial charge in [0.15, 0.2) is 17.3 Å². The van der Waals surface area contributed by atoms with Gasteiger partial charge in [0.25, 0.3) is 11.8 Å². The minimum absolute atomic E-state index is 0.188. The van der Waals surface area contributed by atoms with Crippen LogP contribution in [0.2, 0.25) is 0 Å². The lowest BCUT2D eigenvalue weighted by Gasteiger charge is -2.24. The van der Waals surface area contributed by atoms with Crippen LogP contribution in [0.4, 0.5) is 0 Å². The SMILES string of the molecule is COc1cc(C=NN2C(=O)c3cccc4c(C(=O)c5ccccc5)ccc(c34)C2=O)cc(OC)c1OC. The summed E-state index contributed by atoms with van der Waals surface area (Å²) in [5.74, 6) is -0.136. The lowest BCUT2D eigenvalue weighted by molar-refractivity contribution is 0.0616. The number of carbonyl (C=O) groups excluding carboxylic acids is 3. The molecule has 184 valence electrons. The molecule has 0 N–H and O–H groups in total. The van der Waals surface area contributed by atoms with Crippen LogP contribution in [0, 0.1) is 0 Å². The molecule has 0 spiro atoms. The van der Waals surface area contributed by atoms with E-state index in [1.54, 1.807) is 66.7 Å². The molecule has 0 fully saturated rings. The van der Waals surface area contributed by atoms with Crippen LogP contribution in [-0.4, -0.2) is 50.2 Å². The predicted molar refractivity (Wildman–Crippen MR) is 138 cm³/mol. The van der Waals surface area contributed by atoms with Crippen molar-refractivity contribution >= 4 is 34.6 Å². The molecule has 0 unspecified atom stereocenters. The first kappa shape index (κ1) is 23.7. The minimum Gasteiger partial charge on any atom is -0.493 e. The van der Waals surface area contributed by atoms with Crippen molar-refractivity contribution < 1.29 is 28.6 Å². The molecular formula is C29H22N2O6. The number of methoxy groups -OCH3 is 3. The Morgan fingerprint density at radius 2 is 1.43 bits per heavy atom. The van der Waals surface area contributed by atoms with Gasteiger partial charge in [0.2, 0.25) is 5.75 Å². The Morgan fingerprint density at radius 1 is 0.784 bits per heavy atom. The van der Waals surface area contributed by atoms with Crippen LogP contribution in [0.1, 0.15) is 42.2 Å².